The van der Waals surface area contributed by atoms with Crippen molar-refractivity contribution in [2.75, 3.05) is 18.4 Å². The SMILES string of the molecule is CC(C)(C)NS(=O)(=O)c1ccc(NC(=O)N2CCCCC2)cc1. The van der Waals surface area contributed by atoms with Gasteiger partial charge >= 0.3 is 6.03 Å². The second-order valence-corrected chi connectivity index (χ2v) is 8.54. The lowest BCUT2D eigenvalue weighted by Crippen LogP contribution is -2.40. The molecule has 0 bridgehead atoms. The molecule has 7 heteroatoms. The van der Waals surface area contributed by atoms with E-state index in [0.717, 1.165) is 32.4 Å². The Morgan fingerprint density at radius 3 is 2.13 bits per heavy atom. The van der Waals surface area contributed by atoms with Crippen molar-refractivity contribution in [2.45, 2.75) is 50.5 Å². The molecule has 23 heavy (non-hydrogen) atoms. The third-order valence-corrected chi connectivity index (χ3v) is 5.27. The van der Waals surface area contributed by atoms with E-state index in [0.29, 0.717) is 5.69 Å². The Hall–Kier alpha value is -1.60. The fourth-order valence-corrected chi connectivity index (χ4v) is 3.90. The monoisotopic (exact) mass is 339 g/mol. The molecule has 128 valence electrons. The van der Waals surface area contributed by atoms with Crippen LogP contribution in [0.25, 0.3) is 0 Å². The van der Waals surface area contributed by atoms with Gasteiger partial charge in [-0.3, -0.25) is 0 Å². The topological polar surface area (TPSA) is 78.5 Å². The maximum absolute atomic E-state index is 12.2. The van der Waals surface area contributed by atoms with Crippen molar-refractivity contribution >= 4 is 21.7 Å². The van der Waals surface area contributed by atoms with Crippen LogP contribution in [0, 0.1) is 0 Å². The maximum atomic E-state index is 12.2. The first-order valence-corrected chi connectivity index (χ1v) is 9.36. The lowest BCUT2D eigenvalue weighted by molar-refractivity contribution is 0.200. The predicted molar refractivity (Wildman–Crippen MR) is 91.0 cm³/mol. The molecule has 0 aliphatic carbocycles. The first-order valence-electron chi connectivity index (χ1n) is 7.87. The molecular weight excluding hydrogens is 314 g/mol. The molecule has 0 radical (unpaired) electrons. The number of urea groups is 1. The molecular formula is C16H25N3O3S. The first kappa shape index (κ1) is 17.7. The van der Waals surface area contributed by atoms with E-state index in [1.54, 1.807) is 37.8 Å². The van der Waals surface area contributed by atoms with E-state index >= 15 is 0 Å². The number of nitrogens with zero attached hydrogens (tertiary/aromatic N) is 1. The molecule has 0 atom stereocenters. The van der Waals surface area contributed by atoms with Gasteiger partial charge in [0, 0.05) is 24.3 Å². The van der Waals surface area contributed by atoms with Crippen LogP contribution in [0.15, 0.2) is 29.2 Å². The summed E-state index contributed by atoms with van der Waals surface area (Å²) in [5.41, 5.74) is 0.0512. The van der Waals surface area contributed by atoms with E-state index in [2.05, 4.69) is 10.0 Å². The van der Waals surface area contributed by atoms with Gasteiger partial charge in [0.2, 0.25) is 10.0 Å². The summed E-state index contributed by atoms with van der Waals surface area (Å²) in [6, 6.07) is 6.09. The highest BCUT2D eigenvalue weighted by molar-refractivity contribution is 7.89. The van der Waals surface area contributed by atoms with Crippen molar-refractivity contribution in [1.82, 2.24) is 9.62 Å². The first-order chi connectivity index (χ1) is 10.7. The number of sulfonamides is 1. The van der Waals surface area contributed by atoms with Crippen LogP contribution in [-0.4, -0.2) is 38.0 Å². The van der Waals surface area contributed by atoms with Gasteiger partial charge in [-0.2, -0.15) is 0 Å². The van der Waals surface area contributed by atoms with E-state index < -0.39 is 15.6 Å². The van der Waals surface area contributed by atoms with Crippen LogP contribution < -0.4 is 10.0 Å². The number of piperidine rings is 1. The number of carbonyl (C=O) groups excluding carboxylic acids is 1. The molecule has 1 aliphatic rings. The summed E-state index contributed by atoms with van der Waals surface area (Å²) in [6.45, 7) is 6.91. The van der Waals surface area contributed by atoms with E-state index in [9.17, 15) is 13.2 Å². The summed E-state index contributed by atoms with van der Waals surface area (Å²) in [5, 5.41) is 2.81. The van der Waals surface area contributed by atoms with Crippen molar-refractivity contribution < 1.29 is 13.2 Å². The molecule has 0 unspecified atom stereocenters. The highest BCUT2D eigenvalue weighted by Crippen LogP contribution is 2.17. The van der Waals surface area contributed by atoms with Gasteiger partial charge in [0.05, 0.1) is 4.90 Å². The summed E-state index contributed by atoms with van der Waals surface area (Å²) in [4.78, 5) is 14.1. The van der Waals surface area contributed by atoms with Crippen LogP contribution >= 0.6 is 0 Å². The Morgan fingerprint density at radius 2 is 1.61 bits per heavy atom. The number of benzene rings is 1. The minimum absolute atomic E-state index is 0.131. The number of carbonyl (C=O) groups is 1. The lowest BCUT2D eigenvalue weighted by atomic mass is 10.1. The number of likely N-dealkylation sites (tertiary alicyclic amines) is 1. The molecule has 0 spiro atoms. The fourth-order valence-electron chi connectivity index (χ4n) is 2.48. The van der Waals surface area contributed by atoms with Gasteiger partial charge in [-0.25, -0.2) is 17.9 Å². The molecule has 1 aromatic rings. The van der Waals surface area contributed by atoms with Crippen LogP contribution in [-0.2, 0) is 10.0 Å². The van der Waals surface area contributed by atoms with Crippen LogP contribution in [0.2, 0.25) is 0 Å². The maximum Gasteiger partial charge on any atom is 0.321 e. The Balaban J connectivity index is 2.03. The summed E-state index contributed by atoms with van der Waals surface area (Å²) < 4.78 is 27.0. The molecule has 1 saturated heterocycles. The normalized spacial score (nSPS) is 16.2. The van der Waals surface area contributed by atoms with Gasteiger partial charge in [-0.1, -0.05) is 0 Å². The number of amides is 2. The van der Waals surface area contributed by atoms with E-state index in [-0.39, 0.29) is 10.9 Å². The van der Waals surface area contributed by atoms with Gasteiger partial charge in [0.25, 0.3) is 0 Å². The zero-order chi connectivity index (χ0) is 17.1. The molecule has 1 aliphatic heterocycles. The van der Waals surface area contributed by atoms with Gasteiger partial charge in [0.15, 0.2) is 0 Å². The minimum atomic E-state index is -3.56. The van der Waals surface area contributed by atoms with Gasteiger partial charge in [-0.15, -0.1) is 0 Å². The third-order valence-electron chi connectivity index (χ3n) is 3.50. The van der Waals surface area contributed by atoms with E-state index in [1.165, 1.54) is 12.1 Å². The highest BCUT2D eigenvalue weighted by Gasteiger charge is 2.22. The standard InChI is InChI=1S/C16H25N3O3S/c1-16(2,3)18-23(21,22)14-9-7-13(8-10-14)17-15(20)19-11-5-4-6-12-19/h7-10,18H,4-6,11-12H2,1-3H3,(H,17,20). The van der Waals surface area contributed by atoms with Crippen molar-refractivity contribution in [3.8, 4) is 0 Å². The summed E-state index contributed by atoms with van der Waals surface area (Å²) in [6.07, 6.45) is 3.23. The quantitative estimate of drug-likeness (QED) is 0.889. The van der Waals surface area contributed by atoms with Crippen molar-refractivity contribution in [2.24, 2.45) is 0 Å². The number of nitrogens with one attached hydrogen (secondary N) is 2. The smallest absolute Gasteiger partial charge is 0.321 e. The zero-order valence-electron chi connectivity index (χ0n) is 13.9. The number of anilines is 1. The van der Waals surface area contributed by atoms with Crippen molar-refractivity contribution in [3.63, 3.8) is 0 Å². The molecule has 1 heterocycles. The van der Waals surface area contributed by atoms with Crippen LogP contribution in [0.1, 0.15) is 40.0 Å². The van der Waals surface area contributed by atoms with Crippen molar-refractivity contribution in [3.05, 3.63) is 24.3 Å². The van der Waals surface area contributed by atoms with Gasteiger partial charge in [-0.05, 0) is 64.3 Å². The number of hydrogen-bond acceptors (Lipinski definition) is 3. The largest absolute Gasteiger partial charge is 0.325 e. The molecule has 0 saturated carbocycles. The summed E-state index contributed by atoms with van der Waals surface area (Å²) in [5.74, 6) is 0. The van der Waals surface area contributed by atoms with Crippen molar-refractivity contribution in [1.29, 1.82) is 0 Å². The molecule has 1 aromatic carbocycles. The van der Waals surface area contributed by atoms with E-state index in [4.69, 9.17) is 0 Å². The summed E-state index contributed by atoms with van der Waals surface area (Å²) >= 11 is 0. The zero-order valence-corrected chi connectivity index (χ0v) is 14.7. The second-order valence-electron chi connectivity index (χ2n) is 6.86. The highest BCUT2D eigenvalue weighted by atomic mass is 32.2. The molecule has 6 nitrogen and oxygen atoms in total. The predicted octanol–water partition coefficient (Wildman–Crippen LogP) is 2.78. The average molecular weight is 339 g/mol. The second kappa shape index (κ2) is 6.88. The average Bonchev–Trinajstić information content (AvgIpc) is 2.46. The molecule has 0 aromatic heterocycles. The Kier molecular flexibility index (Phi) is 5.31. The Labute approximate surface area is 138 Å². The molecule has 2 amide bonds. The number of hydrogen-bond donors (Lipinski definition) is 2. The van der Waals surface area contributed by atoms with E-state index in [1.807, 2.05) is 0 Å². The molecule has 2 rings (SSSR count). The minimum Gasteiger partial charge on any atom is -0.325 e. The van der Waals surface area contributed by atoms with Gasteiger partial charge < -0.3 is 10.2 Å². The summed E-state index contributed by atoms with van der Waals surface area (Å²) in [7, 11) is -3.56. The molecule has 2 N–H and O–H groups in total. The van der Waals surface area contributed by atoms with Crippen LogP contribution in [0.3, 0.4) is 0 Å². The fraction of sp³-hybridized carbons (Fsp3) is 0.562. The lowest BCUT2D eigenvalue weighted by Gasteiger charge is -2.26. The van der Waals surface area contributed by atoms with Gasteiger partial charge in [0.1, 0.15) is 0 Å². The Bertz CT molecular complexity index is 642. The molecule has 1 fully saturated rings. The third kappa shape index (κ3) is 5.21. The number of rotatable bonds is 3. The van der Waals surface area contributed by atoms with Crippen LogP contribution in [0.4, 0.5) is 10.5 Å². The Morgan fingerprint density at radius 1 is 1.04 bits per heavy atom. The van der Waals surface area contributed by atoms with Crippen LogP contribution in [0.5, 0.6) is 0 Å².